The van der Waals surface area contributed by atoms with E-state index in [1.165, 1.54) is 35.6 Å². The predicted molar refractivity (Wildman–Crippen MR) is 258 cm³/mol. The van der Waals surface area contributed by atoms with Gasteiger partial charge in [-0.1, -0.05) is 65.6 Å². The molecule has 0 bridgehead atoms. The minimum atomic E-state index is -1.61. The number of carbonyl (C=O) groups excluding carboxylic acids is 3. The second-order valence-electron chi connectivity index (χ2n) is 15.6. The largest absolute Gasteiger partial charge is 0.467 e. The van der Waals surface area contributed by atoms with Crippen LogP contribution >= 0.6 is 11.6 Å². The first-order chi connectivity index (χ1) is 29.3. The van der Waals surface area contributed by atoms with Crippen LogP contribution in [0.15, 0.2) is 54.6 Å². The number of ether oxygens (including phenoxy) is 2. The third-order valence-corrected chi connectivity index (χ3v) is 11.0. The number of esters is 2. The first-order valence-electron chi connectivity index (χ1n) is 20.3. The number of pyridine rings is 4. The molecule has 0 amide bonds. The molecule has 0 fully saturated rings. The lowest BCUT2D eigenvalue weighted by atomic mass is 10.0. The lowest BCUT2D eigenvalue weighted by molar-refractivity contribution is -0.157. The second-order valence-corrected chi connectivity index (χ2v) is 16.0. The normalized spacial score (nSPS) is 16.1. The van der Waals surface area contributed by atoms with Crippen molar-refractivity contribution in [3.05, 3.63) is 122 Å². The molecular weight excluding hydrogens is 848 g/mol. The molecule has 2 atom stereocenters. The Morgan fingerprint density at radius 2 is 1.00 bits per heavy atom. The van der Waals surface area contributed by atoms with Gasteiger partial charge in [-0.25, -0.2) is 19.6 Å². The molecule has 0 radical (unpaired) electrons. The smallest absolute Gasteiger partial charge is 0.337 e. The number of fused-ring (bicyclic) bond motifs is 4. The molecule has 0 saturated heterocycles. The van der Waals surface area contributed by atoms with Gasteiger partial charge >= 0.3 is 11.9 Å². The Morgan fingerprint density at radius 3 is 1.45 bits per heavy atom. The van der Waals surface area contributed by atoms with Crippen LogP contribution in [-0.4, -0.2) is 143 Å². The SMILES string of the molecule is C.C.C.C.CN1CCc2nc(C=O)ccc2C1.CN1CCc2nc(Cl)ccc2C1.COC(=O)/C=C/c1ccc2c(n1)CCN(C)C2.COC(=O)C(O)C(O)c1ccc2c(n1)CCN(C)C2. The number of methoxy groups -OCH3 is 2. The number of carbonyl (C=O) groups is 3. The van der Waals surface area contributed by atoms with Gasteiger partial charge in [0.05, 0.1) is 25.6 Å². The molecule has 16 heteroatoms. The van der Waals surface area contributed by atoms with Gasteiger partial charge in [-0.3, -0.25) is 14.8 Å². The molecule has 4 aliphatic heterocycles. The summed E-state index contributed by atoms with van der Waals surface area (Å²) in [6, 6.07) is 15.2. The molecule has 0 aromatic carbocycles. The van der Waals surface area contributed by atoms with Crippen molar-refractivity contribution in [2.45, 2.75) is 93.8 Å². The fourth-order valence-electron chi connectivity index (χ4n) is 7.21. The Morgan fingerprint density at radius 1 is 0.600 bits per heavy atom. The minimum absolute atomic E-state index is 0. The number of hydrogen-bond acceptors (Lipinski definition) is 15. The maximum absolute atomic E-state index is 11.2. The maximum atomic E-state index is 11.2. The monoisotopic (exact) mass is 921 g/mol. The van der Waals surface area contributed by atoms with E-state index >= 15 is 0 Å². The standard InChI is InChI=1S/C13H18N2O4.C13H16N2O2.C10H12N2O.C9H11ClN2.4CH4/c1-15-6-5-9-8(7-15)3-4-10(14-9)11(16)12(17)13(18)19-2;1-15-8-7-12-10(9-15)3-4-11(14-12)5-6-13(16)17-2;1-12-5-4-10-8(6-12)2-3-9(7-13)11-10;1-12-5-4-8-7(6-12)2-3-9(10)11-8;;;;/h3-4,11-12,16-17H,5-7H2,1-2H3;3-6H,7-9H2,1-2H3;2-3,7H,4-6H2,1H3;2-3H,4-6H2,1H3;4*1H4/b;6-5+;;;;;;. The fourth-order valence-corrected chi connectivity index (χ4v) is 7.37. The molecule has 2 unspecified atom stereocenters. The zero-order chi connectivity index (χ0) is 44.1. The average molecular weight is 922 g/mol. The summed E-state index contributed by atoms with van der Waals surface area (Å²) < 4.78 is 8.94. The van der Waals surface area contributed by atoms with E-state index in [1.54, 1.807) is 18.2 Å². The molecular formula is C49H73ClN8O7. The maximum Gasteiger partial charge on any atom is 0.337 e. The number of aromatic nitrogens is 4. The summed E-state index contributed by atoms with van der Waals surface area (Å²) in [5.41, 5.74) is 10.9. The third-order valence-electron chi connectivity index (χ3n) is 10.7. The highest BCUT2D eigenvalue weighted by molar-refractivity contribution is 6.29. The number of aliphatic hydroxyl groups is 2. The van der Waals surface area contributed by atoms with Crippen LogP contribution in [0.1, 0.15) is 103 Å². The van der Waals surface area contributed by atoms with E-state index < -0.39 is 18.2 Å². The van der Waals surface area contributed by atoms with Crippen LogP contribution in [0.3, 0.4) is 0 Å². The summed E-state index contributed by atoms with van der Waals surface area (Å²) in [5, 5.41) is 20.1. The van der Waals surface area contributed by atoms with Crippen molar-refractivity contribution in [2.24, 2.45) is 0 Å². The van der Waals surface area contributed by atoms with Crippen LogP contribution in [0.2, 0.25) is 5.15 Å². The molecule has 4 aromatic rings. The van der Waals surface area contributed by atoms with Crippen molar-refractivity contribution in [1.82, 2.24) is 39.5 Å². The van der Waals surface area contributed by atoms with E-state index in [2.05, 4.69) is 82.3 Å². The van der Waals surface area contributed by atoms with Crippen molar-refractivity contribution in [1.29, 1.82) is 0 Å². The summed E-state index contributed by atoms with van der Waals surface area (Å²) in [6.07, 6.45) is 4.64. The van der Waals surface area contributed by atoms with Crippen molar-refractivity contribution in [3.63, 3.8) is 0 Å². The van der Waals surface area contributed by atoms with Crippen molar-refractivity contribution < 1.29 is 34.1 Å². The number of likely N-dealkylation sites (N-methyl/N-ethyl adjacent to an activating group) is 4. The lowest BCUT2D eigenvalue weighted by Gasteiger charge is -2.25. The molecule has 8 rings (SSSR count). The van der Waals surface area contributed by atoms with E-state index in [9.17, 15) is 24.6 Å². The van der Waals surface area contributed by atoms with Gasteiger partial charge in [0, 0.05) is 107 Å². The Balaban J connectivity index is 0.000000430. The van der Waals surface area contributed by atoms with Crippen LogP contribution < -0.4 is 0 Å². The Hall–Kier alpha value is -5.00. The summed E-state index contributed by atoms with van der Waals surface area (Å²) in [4.78, 5) is 59.1. The predicted octanol–water partition coefficient (Wildman–Crippen LogP) is 6.04. The molecule has 2 N–H and O–H groups in total. The molecule has 8 heterocycles. The molecule has 4 aromatic heterocycles. The van der Waals surface area contributed by atoms with Crippen molar-refractivity contribution in [2.75, 3.05) is 68.6 Å². The fraction of sp³-hybridized carbons (Fsp3) is 0.490. The van der Waals surface area contributed by atoms with Gasteiger partial charge < -0.3 is 39.3 Å². The summed E-state index contributed by atoms with van der Waals surface area (Å²) >= 11 is 5.79. The second kappa shape index (κ2) is 28.1. The molecule has 0 spiro atoms. The van der Waals surface area contributed by atoms with E-state index in [-0.39, 0.29) is 35.7 Å². The number of aldehydes is 1. The number of aliphatic hydroxyl groups excluding tert-OH is 2. The van der Waals surface area contributed by atoms with Crippen LogP contribution in [0, 0.1) is 0 Å². The Labute approximate surface area is 392 Å². The van der Waals surface area contributed by atoms with Gasteiger partial charge in [-0.15, -0.1) is 0 Å². The highest BCUT2D eigenvalue weighted by Gasteiger charge is 2.28. The number of halogens is 1. The van der Waals surface area contributed by atoms with Gasteiger partial charge in [-0.05, 0) is 80.8 Å². The van der Waals surface area contributed by atoms with Crippen LogP contribution in [0.4, 0.5) is 0 Å². The minimum Gasteiger partial charge on any atom is -0.467 e. The zero-order valence-corrected chi connectivity index (χ0v) is 36.6. The Bertz CT molecular complexity index is 2170. The number of nitrogens with zero attached hydrogens (tertiary/aromatic N) is 8. The lowest BCUT2D eigenvalue weighted by Crippen LogP contribution is -2.31. The highest BCUT2D eigenvalue weighted by Crippen LogP contribution is 2.23. The average Bonchev–Trinajstić information content (AvgIpc) is 3.27. The molecule has 4 aliphatic rings. The van der Waals surface area contributed by atoms with E-state index in [0.717, 1.165) is 120 Å². The Kier molecular flexibility index (Phi) is 25.1. The summed E-state index contributed by atoms with van der Waals surface area (Å²) in [6.45, 7) is 7.76. The van der Waals surface area contributed by atoms with Gasteiger partial charge in [0.15, 0.2) is 12.4 Å². The van der Waals surface area contributed by atoms with E-state index in [0.29, 0.717) is 16.5 Å². The molecule has 15 nitrogen and oxygen atoms in total. The molecule has 358 valence electrons. The summed E-state index contributed by atoms with van der Waals surface area (Å²) in [5.74, 6) is -1.23. The zero-order valence-electron chi connectivity index (χ0n) is 35.9. The highest BCUT2D eigenvalue weighted by atomic mass is 35.5. The van der Waals surface area contributed by atoms with Gasteiger partial charge in [0.1, 0.15) is 17.0 Å². The molecule has 65 heavy (non-hydrogen) atoms. The first kappa shape index (κ1) is 58.0. The number of hydrogen-bond donors (Lipinski definition) is 2. The third kappa shape index (κ3) is 17.1. The number of rotatable bonds is 6. The molecule has 0 aliphatic carbocycles. The topological polar surface area (TPSA) is 175 Å². The van der Waals surface area contributed by atoms with Gasteiger partial charge in [-0.2, -0.15) is 0 Å². The van der Waals surface area contributed by atoms with Crippen molar-refractivity contribution >= 4 is 35.9 Å². The van der Waals surface area contributed by atoms with Crippen LogP contribution in [-0.2, 0) is 70.9 Å². The van der Waals surface area contributed by atoms with Gasteiger partial charge in [0.2, 0.25) is 0 Å². The van der Waals surface area contributed by atoms with Crippen molar-refractivity contribution in [3.8, 4) is 0 Å². The van der Waals surface area contributed by atoms with Crippen LogP contribution in [0.5, 0.6) is 0 Å². The molecule has 0 saturated carbocycles. The van der Waals surface area contributed by atoms with Gasteiger partial charge in [0.25, 0.3) is 0 Å². The van der Waals surface area contributed by atoms with E-state index in [1.807, 2.05) is 31.3 Å². The first-order valence-corrected chi connectivity index (χ1v) is 20.6. The quantitative estimate of drug-likeness (QED) is 0.0991. The van der Waals surface area contributed by atoms with E-state index in [4.69, 9.17) is 11.6 Å². The van der Waals surface area contributed by atoms with Crippen LogP contribution in [0.25, 0.3) is 6.08 Å². The summed E-state index contributed by atoms with van der Waals surface area (Å²) in [7, 11) is 10.9.